The maximum Gasteiger partial charge on any atom is 0.263 e. The number of halogens is 1. The SMILES string of the molecule is Cc1cccc(N)c1OCC(=O)Nc1ccc(Cl)cn1. The van der Waals surface area contributed by atoms with Crippen molar-refractivity contribution in [1.82, 2.24) is 4.98 Å². The number of ether oxygens (including phenoxy) is 1. The molecule has 0 aliphatic heterocycles. The van der Waals surface area contributed by atoms with Crippen LogP contribution in [-0.4, -0.2) is 17.5 Å². The van der Waals surface area contributed by atoms with E-state index in [2.05, 4.69) is 10.3 Å². The molecule has 1 amide bonds. The maximum absolute atomic E-state index is 11.7. The van der Waals surface area contributed by atoms with E-state index in [0.717, 1.165) is 5.56 Å². The zero-order valence-corrected chi connectivity index (χ0v) is 11.6. The highest BCUT2D eigenvalue weighted by Crippen LogP contribution is 2.25. The quantitative estimate of drug-likeness (QED) is 0.849. The van der Waals surface area contributed by atoms with Crippen molar-refractivity contribution in [3.63, 3.8) is 0 Å². The maximum atomic E-state index is 11.7. The Balaban J connectivity index is 1.94. The predicted octanol–water partition coefficient (Wildman–Crippen LogP) is 2.64. The van der Waals surface area contributed by atoms with Gasteiger partial charge >= 0.3 is 0 Å². The highest BCUT2D eigenvalue weighted by molar-refractivity contribution is 6.30. The van der Waals surface area contributed by atoms with Crippen LogP contribution in [-0.2, 0) is 4.79 Å². The number of hydrogen-bond acceptors (Lipinski definition) is 4. The van der Waals surface area contributed by atoms with Crippen LogP contribution in [0, 0.1) is 6.92 Å². The standard InChI is InChI=1S/C14H14ClN3O2/c1-9-3-2-4-11(16)14(9)20-8-13(19)18-12-6-5-10(15)7-17-12/h2-7H,8,16H2,1H3,(H,17,18,19). The van der Waals surface area contributed by atoms with Crippen LogP contribution in [0.15, 0.2) is 36.5 Å². The van der Waals surface area contributed by atoms with Gasteiger partial charge in [-0.2, -0.15) is 0 Å². The average molecular weight is 292 g/mol. The first kappa shape index (κ1) is 14.1. The number of nitrogens with one attached hydrogen (secondary N) is 1. The summed E-state index contributed by atoms with van der Waals surface area (Å²) in [5.41, 5.74) is 7.17. The Kier molecular flexibility index (Phi) is 4.42. The summed E-state index contributed by atoms with van der Waals surface area (Å²) < 4.78 is 5.43. The number of nitrogens with zero attached hydrogens (tertiary/aromatic N) is 1. The molecule has 2 rings (SSSR count). The number of carbonyl (C=O) groups is 1. The van der Waals surface area contributed by atoms with E-state index in [1.165, 1.54) is 6.20 Å². The third kappa shape index (κ3) is 3.61. The molecule has 0 fully saturated rings. The Morgan fingerprint density at radius 2 is 2.20 bits per heavy atom. The second kappa shape index (κ2) is 6.25. The van der Waals surface area contributed by atoms with Gasteiger partial charge in [0.2, 0.25) is 0 Å². The van der Waals surface area contributed by atoms with E-state index in [1.54, 1.807) is 18.2 Å². The molecular weight excluding hydrogens is 278 g/mol. The minimum Gasteiger partial charge on any atom is -0.481 e. The summed E-state index contributed by atoms with van der Waals surface area (Å²) in [4.78, 5) is 15.7. The third-order valence-electron chi connectivity index (χ3n) is 2.58. The molecule has 104 valence electrons. The summed E-state index contributed by atoms with van der Waals surface area (Å²) in [6.07, 6.45) is 1.46. The number of aromatic nitrogens is 1. The smallest absolute Gasteiger partial charge is 0.263 e. The number of para-hydroxylation sites is 1. The number of aryl methyl sites for hydroxylation is 1. The molecule has 1 heterocycles. The fourth-order valence-corrected chi connectivity index (χ4v) is 1.75. The van der Waals surface area contributed by atoms with E-state index in [1.807, 2.05) is 19.1 Å². The molecule has 0 unspecified atom stereocenters. The van der Waals surface area contributed by atoms with Crippen molar-refractivity contribution in [2.45, 2.75) is 6.92 Å². The van der Waals surface area contributed by atoms with E-state index >= 15 is 0 Å². The number of nitrogens with two attached hydrogens (primary N) is 1. The molecule has 0 atom stereocenters. The lowest BCUT2D eigenvalue weighted by atomic mass is 10.2. The van der Waals surface area contributed by atoms with Gasteiger partial charge in [0, 0.05) is 6.20 Å². The molecule has 0 radical (unpaired) electrons. The number of anilines is 2. The normalized spacial score (nSPS) is 10.1. The lowest BCUT2D eigenvalue weighted by Crippen LogP contribution is -2.21. The van der Waals surface area contributed by atoms with Gasteiger partial charge in [0.1, 0.15) is 11.6 Å². The van der Waals surface area contributed by atoms with Gasteiger partial charge in [-0.05, 0) is 30.7 Å². The summed E-state index contributed by atoms with van der Waals surface area (Å²) in [6.45, 7) is 1.73. The molecule has 0 aliphatic carbocycles. The fourth-order valence-electron chi connectivity index (χ4n) is 1.64. The van der Waals surface area contributed by atoms with Crippen LogP contribution in [0.4, 0.5) is 11.5 Å². The van der Waals surface area contributed by atoms with Crippen LogP contribution in [0.1, 0.15) is 5.56 Å². The molecule has 2 aromatic rings. The third-order valence-corrected chi connectivity index (χ3v) is 2.81. The molecular formula is C14H14ClN3O2. The van der Waals surface area contributed by atoms with Crippen molar-refractivity contribution in [3.8, 4) is 5.75 Å². The van der Waals surface area contributed by atoms with Gasteiger partial charge in [0.05, 0.1) is 10.7 Å². The average Bonchev–Trinajstić information content (AvgIpc) is 2.41. The first-order chi connectivity index (χ1) is 9.56. The van der Waals surface area contributed by atoms with Crippen LogP contribution in [0.2, 0.25) is 5.02 Å². The zero-order chi connectivity index (χ0) is 14.5. The summed E-state index contributed by atoms with van der Waals surface area (Å²) >= 11 is 5.71. The van der Waals surface area contributed by atoms with Crippen molar-refractivity contribution in [1.29, 1.82) is 0 Å². The van der Waals surface area contributed by atoms with Crippen LogP contribution < -0.4 is 15.8 Å². The van der Waals surface area contributed by atoms with Crippen molar-refractivity contribution in [2.24, 2.45) is 0 Å². The van der Waals surface area contributed by atoms with Crippen LogP contribution in [0.25, 0.3) is 0 Å². The Morgan fingerprint density at radius 1 is 1.40 bits per heavy atom. The number of carbonyl (C=O) groups excluding carboxylic acids is 1. The van der Waals surface area contributed by atoms with Gasteiger partial charge in [-0.3, -0.25) is 4.79 Å². The molecule has 1 aromatic carbocycles. The number of nitrogen functional groups attached to an aromatic ring is 1. The second-order valence-electron chi connectivity index (χ2n) is 4.19. The van der Waals surface area contributed by atoms with Gasteiger partial charge in [0.15, 0.2) is 6.61 Å². The summed E-state index contributed by atoms with van der Waals surface area (Å²) in [5, 5.41) is 3.11. The van der Waals surface area contributed by atoms with E-state index in [-0.39, 0.29) is 12.5 Å². The summed E-state index contributed by atoms with van der Waals surface area (Å²) in [5.74, 6) is 0.620. The molecule has 0 aliphatic rings. The molecule has 0 bridgehead atoms. The molecule has 1 aromatic heterocycles. The van der Waals surface area contributed by atoms with Crippen molar-refractivity contribution in [3.05, 3.63) is 47.1 Å². The second-order valence-corrected chi connectivity index (χ2v) is 4.63. The monoisotopic (exact) mass is 291 g/mol. The van der Waals surface area contributed by atoms with Crippen LogP contribution in [0.3, 0.4) is 0 Å². The van der Waals surface area contributed by atoms with Crippen LogP contribution in [0.5, 0.6) is 5.75 Å². The molecule has 0 spiro atoms. The zero-order valence-electron chi connectivity index (χ0n) is 10.9. The van der Waals surface area contributed by atoms with Crippen molar-refractivity contribution in [2.75, 3.05) is 17.7 Å². The fraction of sp³-hybridized carbons (Fsp3) is 0.143. The molecule has 5 nitrogen and oxygen atoms in total. The van der Waals surface area contributed by atoms with E-state index in [4.69, 9.17) is 22.1 Å². The van der Waals surface area contributed by atoms with E-state index in [9.17, 15) is 4.79 Å². The van der Waals surface area contributed by atoms with Gasteiger partial charge in [-0.25, -0.2) is 4.98 Å². The highest BCUT2D eigenvalue weighted by atomic mass is 35.5. The minimum absolute atomic E-state index is 0.140. The Morgan fingerprint density at radius 3 is 2.85 bits per heavy atom. The minimum atomic E-state index is -0.317. The summed E-state index contributed by atoms with van der Waals surface area (Å²) in [7, 11) is 0. The lowest BCUT2D eigenvalue weighted by Gasteiger charge is -2.11. The van der Waals surface area contributed by atoms with E-state index < -0.39 is 0 Å². The van der Waals surface area contributed by atoms with Crippen LogP contribution >= 0.6 is 11.6 Å². The molecule has 3 N–H and O–H groups in total. The first-order valence-electron chi connectivity index (χ1n) is 5.95. The van der Waals surface area contributed by atoms with Crippen molar-refractivity contribution < 1.29 is 9.53 Å². The molecule has 6 heteroatoms. The summed E-state index contributed by atoms with van der Waals surface area (Å²) in [6, 6.07) is 8.67. The first-order valence-corrected chi connectivity index (χ1v) is 6.33. The Bertz CT molecular complexity index is 594. The molecule has 20 heavy (non-hydrogen) atoms. The Hall–Kier alpha value is -2.27. The van der Waals surface area contributed by atoms with Gasteiger partial charge in [0.25, 0.3) is 5.91 Å². The van der Waals surface area contributed by atoms with Gasteiger partial charge < -0.3 is 15.8 Å². The molecule has 0 saturated carbocycles. The largest absolute Gasteiger partial charge is 0.481 e. The highest BCUT2D eigenvalue weighted by Gasteiger charge is 2.08. The predicted molar refractivity (Wildman–Crippen MR) is 79.0 cm³/mol. The number of amides is 1. The van der Waals surface area contributed by atoms with Gasteiger partial charge in [-0.1, -0.05) is 23.7 Å². The Labute approximate surface area is 121 Å². The number of hydrogen-bond donors (Lipinski definition) is 2. The topological polar surface area (TPSA) is 77.2 Å². The number of pyridine rings is 1. The van der Waals surface area contributed by atoms with Gasteiger partial charge in [-0.15, -0.1) is 0 Å². The number of rotatable bonds is 4. The lowest BCUT2D eigenvalue weighted by molar-refractivity contribution is -0.118. The van der Waals surface area contributed by atoms with Crippen molar-refractivity contribution >= 4 is 29.0 Å². The molecule has 0 saturated heterocycles. The number of benzene rings is 1. The van der Waals surface area contributed by atoms with E-state index in [0.29, 0.717) is 22.3 Å².